The lowest BCUT2D eigenvalue weighted by molar-refractivity contribution is 0.233. The summed E-state index contributed by atoms with van der Waals surface area (Å²) in [6, 6.07) is 2.70. The van der Waals surface area contributed by atoms with Crippen molar-refractivity contribution in [3.05, 3.63) is 21.9 Å². The zero-order valence-electron chi connectivity index (χ0n) is 9.45. The van der Waals surface area contributed by atoms with Gasteiger partial charge < -0.3 is 5.73 Å². The molecule has 2 atom stereocenters. The van der Waals surface area contributed by atoms with Gasteiger partial charge in [0, 0.05) is 10.9 Å². The number of nitrogens with zero attached hydrogens (tertiary/aromatic N) is 1. The zero-order valence-corrected chi connectivity index (χ0v) is 10.3. The van der Waals surface area contributed by atoms with E-state index in [1.54, 1.807) is 0 Å². The maximum Gasteiger partial charge on any atom is 0.0590 e. The highest BCUT2D eigenvalue weighted by molar-refractivity contribution is 7.10. The van der Waals surface area contributed by atoms with E-state index in [4.69, 9.17) is 5.73 Å². The van der Waals surface area contributed by atoms with Crippen LogP contribution in [0.1, 0.15) is 30.3 Å². The molecule has 14 heavy (non-hydrogen) atoms. The molecule has 1 rings (SSSR count). The van der Waals surface area contributed by atoms with E-state index in [2.05, 4.69) is 44.2 Å². The van der Waals surface area contributed by atoms with Gasteiger partial charge in [-0.15, -0.1) is 11.3 Å². The highest BCUT2D eigenvalue weighted by atomic mass is 32.1. The van der Waals surface area contributed by atoms with Gasteiger partial charge >= 0.3 is 0 Å². The van der Waals surface area contributed by atoms with Crippen LogP contribution < -0.4 is 5.73 Å². The van der Waals surface area contributed by atoms with E-state index in [0.717, 1.165) is 6.54 Å². The lowest BCUT2D eigenvalue weighted by Gasteiger charge is -2.29. The number of thiophene rings is 1. The van der Waals surface area contributed by atoms with Gasteiger partial charge in [-0.25, -0.2) is 0 Å². The lowest BCUT2D eigenvalue weighted by atomic mass is 10.0. The number of hydrogen-bond donors (Lipinski definition) is 1. The van der Waals surface area contributed by atoms with E-state index in [1.807, 2.05) is 11.3 Å². The van der Waals surface area contributed by atoms with Crippen molar-refractivity contribution < 1.29 is 0 Å². The summed E-state index contributed by atoms with van der Waals surface area (Å²) in [6.07, 6.45) is 0. The summed E-state index contributed by atoms with van der Waals surface area (Å²) in [5.41, 5.74) is 7.40. The fourth-order valence-electron chi connectivity index (χ4n) is 1.72. The summed E-state index contributed by atoms with van der Waals surface area (Å²) in [7, 11) is 2.13. The van der Waals surface area contributed by atoms with Crippen LogP contribution in [0.15, 0.2) is 11.4 Å². The van der Waals surface area contributed by atoms with E-state index in [-0.39, 0.29) is 6.04 Å². The van der Waals surface area contributed by atoms with Gasteiger partial charge in [0.1, 0.15) is 0 Å². The van der Waals surface area contributed by atoms with Crippen LogP contribution in [-0.4, -0.2) is 24.5 Å². The summed E-state index contributed by atoms with van der Waals surface area (Å²) < 4.78 is 0. The molecule has 0 amide bonds. The minimum Gasteiger partial charge on any atom is -0.326 e. The van der Waals surface area contributed by atoms with E-state index < -0.39 is 0 Å². The van der Waals surface area contributed by atoms with Crippen LogP contribution in [0.5, 0.6) is 0 Å². The first-order valence-corrected chi connectivity index (χ1v) is 5.95. The number of nitrogens with two attached hydrogens (primary N) is 1. The predicted octanol–water partition coefficient (Wildman–Crippen LogP) is 2.40. The lowest BCUT2D eigenvalue weighted by Crippen LogP contribution is -2.36. The number of likely N-dealkylation sites (N-methyl/N-ethyl adjacent to an activating group) is 1. The third-order valence-electron chi connectivity index (χ3n) is 2.64. The van der Waals surface area contributed by atoms with E-state index in [1.165, 1.54) is 10.4 Å². The second kappa shape index (κ2) is 4.91. The second-order valence-corrected chi connectivity index (χ2v) is 4.79. The van der Waals surface area contributed by atoms with E-state index >= 15 is 0 Å². The molecule has 0 saturated carbocycles. The molecule has 1 aromatic heterocycles. The monoisotopic (exact) mass is 212 g/mol. The van der Waals surface area contributed by atoms with Crippen LogP contribution >= 0.6 is 11.3 Å². The Balaban J connectivity index is 2.94. The van der Waals surface area contributed by atoms with Crippen LogP contribution in [-0.2, 0) is 0 Å². The molecule has 1 heterocycles. The van der Waals surface area contributed by atoms with Crippen LogP contribution in [0, 0.1) is 6.92 Å². The quantitative estimate of drug-likeness (QED) is 0.830. The Morgan fingerprint density at radius 1 is 1.57 bits per heavy atom. The Bertz CT molecular complexity index is 281. The maximum absolute atomic E-state index is 6.04. The van der Waals surface area contributed by atoms with Gasteiger partial charge in [-0.3, -0.25) is 4.90 Å². The summed E-state index contributed by atoms with van der Waals surface area (Å²) in [5.74, 6) is 0. The first kappa shape index (κ1) is 11.7. The third kappa shape index (κ3) is 2.35. The Morgan fingerprint density at radius 2 is 2.21 bits per heavy atom. The maximum atomic E-state index is 6.04. The van der Waals surface area contributed by atoms with Gasteiger partial charge in [-0.05, 0) is 44.4 Å². The molecule has 0 aromatic carbocycles. The molecule has 0 aliphatic rings. The Kier molecular flexibility index (Phi) is 4.11. The molecule has 0 bridgehead atoms. The molecule has 3 heteroatoms. The minimum absolute atomic E-state index is 0.178. The van der Waals surface area contributed by atoms with Crippen molar-refractivity contribution in [2.45, 2.75) is 32.9 Å². The standard InChI is InChI=1S/C11H20N2S/c1-5-13(4)10(9(3)12)11-8(2)6-7-14-11/h6-7,9-10H,5,12H2,1-4H3. The predicted molar refractivity (Wildman–Crippen MR) is 63.8 cm³/mol. The fraction of sp³-hybridized carbons (Fsp3) is 0.636. The normalized spacial score (nSPS) is 15.9. The van der Waals surface area contributed by atoms with Crippen LogP contribution in [0.3, 0.4) is 0 Å². The average Bonchev–Trinajstić information content (AvgIpc) is 2.52. The molecule has 0 radical (unpaired) electrons. The molecular formula is C11H20N2S. The minimum atomic E-state index is 0.178. The summed E-state index contributed by atoms with van der Waals surface area (Å²) in [4.78, 5) is 3.72. The molecule has 2 nitrogen and oxygen atoms in total. The van der Waals surface area contributed by atoms with Gasteiger partial charge in [0.2, 0.25) is 0 Å². The number of rotatable bonds is 4. The van der Waals surface area contributed by atoms with Crippen LogP contribution in [0.25, 0.3) is 0 Å². The van der Waals surface area contributed by atoms with Crippen molar-refractivity contribution in [1.29, 1.82) is 0 Å². The Labute approximate surface area is 90.7 Å². The third-order valence-corrected chi connectivity index (χ3v) is 3.73. The van der Waals surface area contributed by atoms with Gasteiger partial charge in [0.25, 0.3) is 0 Å². The van der Waals surface area contributed by atoms with Gasteiger partial charge in [0.05, 0.1) is 6.04 Å². The largest absolute Gasteiger partial charge is 0.326 e. The molecule has 0 aliphatic carbocycles. The fourth-order valence-corrected chi connectivity index (χ4v) is 2.93. The molecule has 80 valence electrons. The number of aryl methyl sites for hydroxylation is 1. The summed E-state index contributed by atoms with van der Waals surface area (Å²) in [6.45, 7) is 7.43. The van der Waals surface area contributed by atoms with Crippen LogP contribution in [0.2, 0.25) is 0 Å². The highest BCUT2D eigenvalue weighted by Gasteiger charge is 2.22. The van der Waals surface area contributed by atoms with Crippen molar-refractivity contribution >= 4 is 11.3 Å². The van der Waals surface area contributed by atoms with Crippen molar-refractivity contribution in [3.63, 3.8) is 0 Å². The van der Waals surface area contributed by atoms with Gasteiger partial charge in [-0.2, -0.15) is 0 Å². The van der Waals surface area contributed by atoms with Crippen molar-refractivity contribution in [2.75, 3.05) is 13.6 Å². The molecule has 1 aromatic rings. The van der Waals surface area contributed by atoms with Crippen LogP contribution in [0.4, 0.5) is 0 Å². The first-order chi connectivity index (χ1) is 6.57. The zero-order chi connectivity index (χ0) is 10.7. The van der Waals surface area contributed by atoms with Crippen molar-refractivity contribution in [1.82, 2.24) is 4.90 Å². The molecular weight excluding hydrogens is 192 g/mol. The molecule has 0 fully saturated rings. The van der Waals surface area contributed by atoms with Gasteiger partial charge in [-0.1, -0.05) is 6.92 Å². The molecule has 2 N–H and O–H groups in total. The molecule has 0 saturated heterocycles. The second-order valence-electron chi connectivity index (χ2n) is 3.85. The van der Waals surface area contributed by atoms with Crippen molar-refractivity contribution in [2.24, 2.45) is 5.73 Å². The van der Waals surface area contributed by atoms with Gasteiger partial charge in [0.15, 0.2) is 0 Å². The smallest absolute Gasteiger partial charge is 0.0590 e. The first-order valence-electron chi connectivity index (χ1n) is 5.07. The molecule has 2 unspecified atom stereocenters. The van der Waals surface area contributed by atoms with E-state index in [0.29, 0.717) is 6.04 Å². The average molecular weight is 212 g/mol. The summed E-state index contributed by atoms with van der Waals surface area (Å²) in [5, 5.41) is 2.14. The Morgan fingerprint density at radius 3 is 2.57 bits per heavy atom. The van der Waals surface area contributed by atoms with E-state index in [9.17, 15) is 0 Å². The topological polar surface area (TPSA) is 29.3 Å². The Hall–Kier alpha value is -0.380. The molecule has 0 spiro atoms. The highest BCUT2D eigenvalue weighted by Crippen LogP contribution is 2.29. The molecule has 0 aliphatic heterocycles. The van der Waals surface area contributed by atoms with Crippen molar-refractivity contribution in [3.8, 4) is 0 Å². The number of hydrogen-bond acceptors (Lipinski definition) is 3. The SMILES string of the molecule is CCN(C)C(c1sccc1C)C(C)N. The summed E-state index contributed by atoms with van der Waals surface area (Å²) >= 11 is 1.81.